The van der Waals surface area contributed by atoms with E-state index < -0.39 is 10.0 Å². The van der Waals surface area contributed by atoms with Gasteiger partial charge in [0.15, 0.2) is 0 Å². The predicted molar refractivity (Wildman–Crippen MR) is 85.2 cm³/mol. The van der Waals surface area contributed by atoms with Crippen molar-refractivity contribution in [1.82, 2.24) is 4.31 Å². The molecule has 0 spiro atoms. The Morgan fingerprint density at radius 1 is 1.43 bits per heavy atom. The lowest BCUT2D eigenvalue weighted by Crippen LogP contribution is -2.41. The second-order valence-corrected chi connectivity index (χ2v) is 7.45. The molecule has 1 N–H and O–H groups in total. The van der Waals surface area contributed by atoms with E-state index in [9.17, 15) is 8.42 Å². The summed E-state index contributed by atoms with van der Waals surface area (Å²) in [6.07, 6.45) is 3.27. The van der Waals surface area contributed by atoms with Crippen LogP contribution < -0.4 is 10.1 Å². The molecule has 1 saturated heterocycles. The third kappa shape index (κ3) is 4.89. The van der Waals surface area contributed by atoms with Gasteiger partial charge in [-0.3, -0.25) is 0 Å². The van der Waals surface area contributed by atoms with E-state index in [1.807, 2.05) is 31.2 Å². The lowest BCUT2D eigenvalue weighted by molar-refractivity contribution is 0.277. The first-order chi connectivity index (χ1) is 9.99. The van der Waals surface area contributed by atoms with E-state index in [4.69, 9.17) is 4.74 Å². The fourth-order valence-electron chi connectivity index (χ4n) is 2.62. The van der Waals surface area contributed by atoms with Gasteiger partial charge in [0.1, 0.15) is 5.75 Å². The summed E-state index contributed by atoms with van der Waals surface area (Å²) in [4.78, 5) is 0. The molecule has 1 atom stereocenters. The number of nitrogens with one attached hydrogen (secondary N) is 1. The van der Waals surface area contributed by atoms with Gasteiger partial charge in [0.2, 0.25) is 10.0 Å². The van der Waals surface area contributed by atoms with Crippen molar-refractivity contribution >= 4 is 15.7 Å². The van der Waals surface area contributed by atoms with Crippen LogP contribution in [0.5, 0.6) is 5.75 Å². The SMILES string of the molecule is CCOc1cccc(NCC2CCCN(S(C)(=O)=O)C2)c1. The van der Waals surface area contributed by atoms with Crippen molar-refractivity contribution in [2.75, 3.05) is 37.8 Å². The van der Waals surface area contributed by atoms with Gasteiger partial charge in [-0.1, -0.05) is 6.07 Å². The Bertz CT molecular complexity index is 560. The number of nitrogens with zero attached hydrogens (tertiary/aromatic N) is 1. The first kappa shape index (κ1) is 16.1. The Kier molecular flexibility index (Phi) is 5.47. The third-order valence-electron chi connectivity index (χ3n) is 3.69. The van der Waals surface area contributed by atoms with E-state index in [0.717, 1.165) is 30.8 Å². The van der Waals surface area contributed by atoms with Gasteiger partial charge in [0.05, 0.1) is 12.9 Å². The molecule has 1 unspecified atom stereocenters. The molecule has 2 rings (SSSR count). The highest BCUT2D eigenvalue weighted by atomic mass is 32.2. The van der Waals surface area contributed by atoms with E-state index in [-0.39, 0.29) is 0 Å². The normalized spacial score (nSPS) is 20.2. The molecule has 0 amide bonds. The van der Waals surface area contributed by atoms with Crippen molar-refractivity contribution in [3.8, 4) is 5.75 Å². The molecule has 1 aromatic rings. The molecule has 1 aromatic carbocycles. The lowest BCUT2D eigenvalue weighted by atomic mass is 9.99. The zero-order valence-electron chi connectivity index (χ0n) is 12.7. The van der Waals surface area contributed by atoms with Gasteiger partial charge < -0.3 is 10.1 Å². The van der Waals surface area contributed by atoms with Crippen molar-refractivity contribution in [3.63, 3.8) is 0 Å². The lowest BCUT2D eigenvalue weighted by Gasteiger charge is -2.31. The molecule has 1 fully saturated rings. The molecule has 5 nitrogen and oxygen atoms in total. The number of sulfonamides is 1. The maximum absolute atomic E-state index is 11.6. The minimum Gasteiger partial charge on any atom is -0.494 e. The average Bonchev–Trinajstić information content (AvgIpc) is 2.45. The fourth-order valence-corrected chi connectivity index (χ4v) is 3.56. The Hall–Kier alpha value is -1.27. The molecular weight excluding hydrogens is 288 g/mol. The van der Waals surface area contributed by atoms with Crippen LogP contribution in [-0.4, -0.2) is 45.2 Å². The van der Waals surface area contributed by atoms with Crippen LogP contribution in [0.15, 0.2) is 24.3 Å². The summed E-state index contributed by atoms with van der Waals surface area (Å²) in [6, 6.07) is 7.86. The van der Waals surface area contributed by atoms with Crippen molar-refractivity contribution in [2.24, 2.45) is 5.92 Å². The molecule has 0 radical (unpaired) electrons. The first-order valence-corrected chi connectivity index (χ1v) is 9.25. The quantitative estimate of drug-likeness (QED) is 0.874. The number of hydrogen-bond acceptors (Lipinski definition) is 4. The third-order valence-corrected chi connectivity index (χ3v) is 4.96. The maximum atomic E-state index is 11.6. The van der Waals surface area contributed by atoms with Crippen molar-refractivity contribution in [1.29, 1.82) is 0 Å². The van der Waals surface area contributed by atoms with Gasteiger partial charge in [-0.15, -0.1) is 0 Å². The highest BCUT2D eigenvalue weighted by Gasteiger charge is 2.25. The second-order valence-electron chi connectivity index (χ2n) is 5.47. The van der Waals surface area contributed by atoms with Gasteiger partial charge in [-0.2, -0.15) is 0 Å². The van der Waals surface area contributed by atoms with E-state index in [1.54, 1.807) is 4.31 Å². The highest BCUT2D eigenvalue weighted by Crippen LogP contribution is 2.21. The van der Waals surface area contributed by atoms with Crippen LogP contribution in [0, 0.1) is 5.92 Å². The van der Waals surface area contributed by atoms with Crippen LogP contribution in [0.1, 0.15) is 19.8 Å². The molecule has 0 aromatic heterocycles. The summed E-state index contributed by atoms with van der Waals surface area (Å²) in [5.41, 5.74) is 1.01. The largest absolute Gasteiger partial charge is 0.494 e. The van der Waals surface area contributed by atoms with Crippen molar-refractivity contribution in [2.45, 2.75) is 19.8 Å². The predicted octanol–water partition coefficient (Wildman–Crippen LogP) is 2.17. The zero-order chi connectivity index (χ0) is 15.3. The minimum absolute atomic E-state index is 0.351. The van der Waals surface area contributed by atoms with E-state index in [1.165, 1.54) is 6.26 Å². The van der Waals surface area contributed by atoms with Crippen molar-refractivity contribution < 1.29 is 13.2 Å². The molecule has 1 aliphatic heterocycles. The number of ether oxygens (including phenoxy) is 1. The van der Waals surface area contributed by atoms with Gasteiger partial charge in [-0.05, 0) is 37.8 Å². The molecule has 0 bridgehead atoms. The summed E-state index contributed by atoms with van der Waals surface area (Å²) in [7, 11) is -3.07. The zero-order valence-corrected chi connectivity index (χ0v) is 13.5. The highest BCUT2D eigenvalue weighted by molar-refractivity contribution is 7.88. The molecule has 21 heavy (non-hydrogen) atoms. The van der Waals surface area contributed by atoms with E-state index in [2.05, 4.69) is 5.32 Å². The van der Waals surface area contributed by atoms with Crippen LogP contribution in [-0.2, 0) is 10.0 Å². The van der Waals surface area contributed by atoms with Crippen LogP contribution in [0.3, 0.4) is 0 Å². The van der Waals surface area contributed by atoms with E-state index in [0.29, 0.717) is 25.6 Å². The van der Waals surface area contributed by atoms with Crippen LogP contribution in [0.4, 0.5) is 5.69 Å². The number of anilines is 1. The summed E-state index contributed by atoms with van der Waals surface area (Å²) in [6.45, 7) is 4.64. The van der Waals surface area contributed by atoms with Crippen LogP contribution in [0.25, 0.3) is 0 Å². The number of piperidine rings is 1. The van der Waals surface area contributed by atoms with E-state index >= 15 is 0 Å². The molecular formula is C15H24N2O3S. The summed E-state index contributed by atoms with van der Waals surface area (Å²) < 4.78 is 30.3. The Labute approximate surface area is 127 Å². The summed E-state index contributed by atoms with van der Waals surface area (Å²) in [5.74, 6) is 1.20. The fraction of sp³-hybridized carbons (Fsp3) is 0.600. The topological polar surface area (TPSA) is 58.6 Å². The Morgan fingerprint density at radius 2 is 2.24 bits per heavy atom. The molecule has 6 heteroatoms. The second kappa shape index (κ2) is 7.13. The molecule has 118 valence electrons. The number of rotatable bonds is 6. The smallest absolute Gasteiger partial charge is 0.211 e. The van der Waals surface area contributed by atoms with Gasteiger partial charge in [0.25, 0.3) is 0 Å². The Morgan fingerprint density at radius 3 is 2.95 bits per heavy atom. The Balaban J connectivity index is 1.89. The molecule has 1 aliphatic rings. The van der Waals surface area contributed by atoms with Crippen molar-refractivity contribution in [3.05, 3.63) is 24.3 Å². The molecule has 0 aliphatic carbocycles. The monoisotopic (exact) mass is 312 g/mol. The van der Waals surface area contributed by atoms with Gasteiger partial charge in [0, 0.05) is 31.4 Å². The number of benzene rings is 1. The molecule has 0 saturated carbocycles. The summed E-state index contributed by atoms with van der Waals surface area (Å²) in [5, 5.41) is 3.38. The molecule has 1 heterocycles. The van der Waals surface area contributed by atoms with Crippen LogP contribution >= 0.6 is 0 Å². The first-order valence-electron chi connectivity index (χ1n) is 7.41. The standard InChI is InChI=1S/C15H24N2O3S/c1-3-20-15-8-4-7-14(10-15)16-11-13-6-5-9-17(12-13)21(2,18)19/h4,7-8,10,13,16H,3,5-6,9,11-12H2,1-2H3. The minimum atomic E-state index is -3.07. The van der Waals surface area contributed by atoms with Gasteiger partial charge in [-0.25, -0.2) is 12.7 Å². The van der Waals surface area contributed by atoms with Crippen LogP contribution in [0.2, 0.25) is 0 Å². The number of hydrogen-bond donors (Lipinski definition) is 1. The average molecular weight is 312 g/mol. The maximum Gasteiger partial charge on any atom is 0.211 e. The summed E-state index contributed by atoms with van der Waals surface area (Å²) >= 11 is 0. The van der Waals surface area contributed by atoms with Gasteiger partial charge >= 0.3 is 0 Å².